The van der Waals surface area contributed by atoms with Crippen molar-refractivity contribution < 1.29 is 14.6 Å². The molecule has 108 valence electrons. The molecular formula is C15H18ClNO3. The van der Waals surface area contributed by atoms with E-state index in [0.717, 1.165) is 35.9 Å². The number of benzene rings is 1. The van der Waals surface area contributed by atoms with E-state index in [-0.39, 0.29) is 6.42 Å². The maximum Gasteiger partial charge on any atom is 0.307 e. The number of carboxylic acid groups (broad SMARTS) is 1. The Morgan fingerprint density at radius 2 is 2.20 bits per heavy atom. The van der Waals surface area contributed by atoms with Crippen molar-refractivity contribution in [2.45, 2.75) is 32.7 Å². The average molecular weight is 296 g/mol. The molecule has 0 radical (unpaired) electrons. The molecule has 1 aromatic carbocycles. The minimum Gasteiger partial charge on any atom is -0.495 e. The van der Waals surface area contributed by atoms with Crippen LogP contribution in [0.25, 0.3) is 10.9 Å². The monoisotopic (exact) mass is 295 g/mol. The fourth-order valence-electron chi connectivity index (χ4n) is 2.34. The summed E-state index contributed by atoms with van der Waals surface area (Å²) in [7, 11) is 1.55. The molecule has 1 N–H and O–H groups in total. The predicted octanol–water partition coefficient (Wildman–Crippen LogP) is 3.73. The fourth-order valence-corrected chi connectivity index (χ4v) is 2.57. The molecule has 2 aromatic rings. The number of methoxy groups -OCH3 is 1. The number of aryl methyl sites for hydroxylation is 1. The van der Waals surface area contributed by atoms with Crippen LogP contribution >= 0.6 is 11.6 Å². The summed E-state index contributed by atoms with van der Waals surface area (Å²) in [5.41, 5.74) is 1.75. The lowest BCUT2D eigenvalue weighted by molar-refractivity contribution is -0.136. The number of rotatable bonds is 6. The molecule has 4 nitrogen and oxygen atoms in total. The van der Waals surface area contributed by atoms with Gasteiger partial charge < -0.3 is 14.4 Å². The molecule has 0 amide bonds. The first-order valence-electron chi connectivity index (χ1n) is 6.63. The van der Waals surface area contributed by atoms with Crippen molar-refractivity contribution >= 4 is 28.5 Å². The first-order valence-corrected chi connectivity index (χ1v) is 7.01. The summed E-state index contributed by atoms with van der Waals surface area (Å²) in [6.07, 6.45) is 4.03. The number of nitrogens with zero attached hydrogens (tertiary/aromatic N) is 1. The molecule has 1 aromatic heterocycles. The zero-order chi connectivity index (χ0) is 14.7. The number of aromatic nitrogens is 1. The lowest BCUT2D eigenvalue weighted by Gasteiger charge is -2.07. The van der Waals surface area contributed by atoms with Crippen LogP contribution in [0.3, 0.4) is 0 Å². The van der Waals surface area contributed by atoms with Crippen LogP contribution in [0.1, 0.15) is 25.3 Å². The van der Waals surface area contributed by atoms with Gasteiger partial charge >= 0.3 is 5.97 Å². The van der Waals surface area contributed by atoms with E-state index in [1.165, 1.54) is 0 Å². The molecule has 0 bridgehead atoms. The standard InChI is InChI=1S/C15H18ClNO3/c1-3-4-5-17-9-10(6-15(18)19)11-7-14(20-2)12(16)8-13(11)17/h7-9H,3-6H2,1-2H3,(H,18,19). The van der Waals surface area contributed by atoms with E-state index < -0.39 is 5.97 Å². The minimum absolute atomic E-state index is 0.000408. The number of hydrogen-bond acceptors (Lipinski definition) is 2. The van der Waals surface area contributed by atoms with Gasteiger partial charge in [0.15, 0.2) is 0 Å². The molecule has 0 aliphatic heterocycles. The van der Waals surface area contributed by atoms with Crippen LogP contribution in [0.4, 0.5) is 0 Å². The molecule has 2 rings (SSSR count). The third kappa shape index (κ3) is 2.90. The zero-order valence-corrected chi connectivity index (χ0v) is 12.4. The van der Waals surface area contributed by atoms with E-state index in [1.54, 1.807) is 7.11 Å². The number of carbonyl (C=O) groups is 1. The molecule has 0 atom stereocenters. The Morgan fingerprint density at radius 1 is 1.45 bits per heavy atom. The van der Waals surface area contributed by atoms with E-state index in [9.17, 15) is 4.79 Å². The number of hydrogen-bond donors (Lipinski definition) is 1. The van der Waals surface area contributed by atoms with Gasteiger partial charge in [-0.15, -0.1) is 0 Å². The molecule has 0 fully saturated rings. The van der Waals surface area contributed by atoms with E-state index >= 15 is 0 Å². The third-order valence-corrected chi connectivity index (χ3v) is 3.63. The number of carboxylic acids is 1. The largest absolute Gasteiger partial charge is 0.495 e. The summed E-state index contributed by atoms with van der Waals surface area (Å²) in [6, 6.07) is 3.66. The fraction of sp³-hybridized carbons (Fsp3) is 0.400. The van der Waals surface area contributed by atoms with Crippen molar-refractivity contribution in [3.63, 3.8) is 0 Å². The second-order valence-corrected chi connectivity index (χ2v) is 5.18. The predicted molar refractivity (Wildman–Crippen MR) is 79.7 cm³/mol. The van der Waals surface area contributed by atoms with E-state index in [2.05, 4.69) is 11.5 Å². The Labute approximate surface area is 122 Å². The Bertz CT molecular complexity index is 634. The highest BCUT2D eigenvalue weighted by molar-refractivity contribution is 6.32. The number of unbranched alkanes of at least 4 members (excludes halogenated alkanes) is 1. The highest BCUT2D eigenvalue weighted by atomic mass is 35.5. The SMILES string of the molecule is CCCCn1cc(CC(=O)O)c2cc(OC)c(Cl)cc21. The van der Waals surface area contributed by atoms with Gasteiger partial charge in [-0.3, -0.25) is 4.79 Å². The van der Waals surface area contributed by atoms with Crippen LogP contribution in [0, 0.1) is 0 Å². The second-order valence-electron chi connectivity index (χ2n) is 4.78. The van der Waals surface area contributed by atoms with Gasteiger partial charge in [-0.1, -0.05) is 24.9 Å². The van der Waals surface area contributed by atoms with Gasteiger partial charge in [0, 0.05) is 18.1 Å². The summed E-state index contributed by atoms with van der Waals surface area (Å²) in [5.74, 6) is -0.271. The minimum atomic E-state index is -0.839. The first kappa shape index (κ1) is 14.7. The van der Waals surface area contributed by atoms with Crippen molar-refractivity contribution in [3.8, 4) is 5.75 Å². The maximum absolute atomic E-state index is 11.0. The van der Waals surface area contributed by atoms with Gasteiger partial charge in [-0.2, -0.15) is 0 Å². The summed E-state index contributed by atoms with van der Waals surface area (Å²) in [5, 5.41) is 10.5. The van der Waals surface area contributed by atoms with Crippen LogP contribution < -0.4 is 4.74 Å². The normalized spacial score (nSPS) is 10.9. The van der Waals surface area contributed by atoms with Gasteiger partial charge in [-0.05, 0) is 24.1 Å². The molecule has 0 aliphatic rings. The smallest absolute Gasteiger partial charge is 0.307 e. The maximum atomic E-state index is 11.0. The number of fused-ring (bicyclic) bond motifs is 1. The average Bonchev–Trinajstić information content (AvgIpc) is 2.72. The van der Waals surface area contributed by atoms with E-state index in [0.29, 0.717) is 10.8 Å². The van der Waals surface area contributed by atoms with Crippen LogP contribution in [0.15, 0.2) is 18.3 Å². The Morgan fingerprint density at radius 3 is 2.80 bits per heavy atom. The Kier molecular flexibility index (Phi) is 4.55. The van der Waals surface area contributed by atoms with E-state index in [1.807, 2.05) is 18.3 Å². The van der Waals surface area contributed by atoms with Crippen molar-refractivity contribution in [3.05, 3.63) is 28.9 Å². The van der Waals surface area contributed by atoms with Gasteiger partial charge in [-0.25, -0.2) is 0 Å². The molecule has 20 heavy (non-hydrogen) atoms. The summed E-state index contributed by atoms with van der Waals surface area (Å²) >= 11 is 6.17. The highest BCUT2D eigenvalue weighted by Gasteiger charge is 2.14. The van der Waals surface area contributed by atoms with Crippen molar-refractivity contribution in [2.24, 2.45) is 0 Å². The zero-order valence-electron chi connectivity index (χ0n) is 11.6. The van der Waals surface area contributed by atoms with E-state index in [4.69, 9.17) is 21.4 Å². The molecule has 0 saturated heterocycles. The first-order chi connectivity index (χ1) is 9.56. The van der Waals surface area contributed by atoms with Crippen LogP contribution in [-0.2, 0) is 17.8 Å². The molecule has 0 aliphatic carbocycles. The second kappa shape index (κ2) is 6.18. The van der Waals surface area contributed by atoms with Gasteiger partial charge in [0.05, 0.1) is 24.1 Å². The molecule has 0 unspecified atom stereocenters. The topological polar surface area (TPSA) is 51.5 Å². The lowest BCUT2D eigenvalue weighted by atomic mass is 10.1. The quantitative estimate of drug-likeness (QED) is 0.883. The molecule has 0 saturated carbocycles. The van der Waals surface area contributed by atoms with Crippen molar-refractivity contribution in [2.75, 3.05) is 7.11 Å². The van der Waals surface area contributed by atoms with Crippen molar-refractivity contribution in [1.82, 2.24) is 4.57 Å². The van der Waals surface area contributed by atoms with Crippen LogP contribution in [0.2, 0.25) is 5.02 Å². The van der Waals surface area contributed by atoms with Crippen molar-refractivity contribution in [1.29, 1.82) is 0 Å². The number of ether oxygens (including phenoxy) is 1. The molecule has 0 spiro atoms. The third-order valence-electron chi connectivity index (χ3n) is 3.33. The Balaban J connectivity index is 2.57. The van der Waals surface area contributed by atoms with Gasteiger partial charge in [0.1, 0.15) is 5.75 Å². The van der Waals surface area contributed by atoms with Crippen LogP contribution in [-0.4, -0.2) is 22.8 Å². The molecule has 5 heteroatoms. The summed E-state index contributed by atoms with van der Waals surface area (Å²) < 4.78 is 7.29. The lowest BCUT2D eigenvalue weighted by Crippen LogP contribution is -1.99. The summed E-state index contributed by atoms with van der Waals surface area (Å²) in [4.78, 5) is 11.0. The molecular weight excluding hydrogens is 278 g/mol. The van der Waals surface area contributed by atoms with Crippen LogP contribution in [0.5, 0.6) is 5.75 Å². The molecule has 1 heterocycles. The number of aliphatic carboxylic acids is 1. The highest BCUT2D eigenvalue weighted by Crippen LogP contribution is 2.33. The Hall–Kier alpha value is -1.68. The number of halogens is 1. The summed E-state index contributed by atoms with van der Waals surface area (Å²) in [6.45, 7) is 2.98. The van der Waals surface area contributed by atoms with Gasteiger partial charge in [0.25, 0.3) is 0 Å². The van der Waals surface area contributed by atoms with Gasteiger partial charge in [0.2, 0.25) is 0 Å².